The Morgan fingerprint density at radius 1 is 1.50 bits per heavy atom. The Kier molecular flexibility index (Phi) is 4.85. The summed E-state index contributed by atoms with van der Waals surface area (Å²) in [4.78, 5) is 2.33. The highest BCUT2D eigenvalue weighted by Gasteiger charge is 2.25. The van der Waals surface area contributed by atoms with Crippen LogP contribution in [0.4, 0.5) is 0 Å². The SMILES string of the molecule is CCN(CC1CCC1)C(CO)C(C)N. The highest BCUT2D eigenvalue weighted by Crippen LogP contribution is 2.27. The summed E-state index contributed by atoms with van der Waals surface area (Å²) >= 11 is 0. The van der Waals surface area contributed by atoms with Crippen LogP contribution in [0.1, 0.15) is 33.1 Å². The van der Waals surface area contributed by atoms with E-state index in [9.17, 15) is 5.11 Å². The van der Waals surface area contributed by atoms with Crippen molar-refractivity contribution in [3.63, 3.8) is 0 Å². The maximum absolute atomic E-state index is 9.28. The third kappa shape index (κ3) is 2.94. The smallest absolute Gasteiger partial charge is 0.0601 e. The zero-order chi connectivity index (χ0) is 10.6. The normalized spacial score (nSPS) is 22.1. The lowest BCUT2D eigenvalue weighted by Gasteiger charge is -2.37. The third-order valence-electron chi connectivity index (χ3n) is 3.39. The highest BCUT2D eigenvalue weighted by atomic mass is 16.3. The van der Waals surface area contributed by atoms with Crippen LogP contribution in [0.15, 0.2) is 0 Å². The Morgan fingerprint density at radius 3 is 2.43 bits per heavy atom. The van der Waals surface area contributed by atoms with Crippen molar-refractivity contribution < 1.29 is 5.11 Å². The maximum atomic E-state index is 9.28. The molecule has 0 aromatic heterocycles. The van der Waals surface area contributed by atoms with Crippen molar-refractivity contribution in [1.29, 1.82) is 0 Å². The average Bonchev–Trinajstić information content (AvgIpc) is 2.08. The number of nitrogens with zero attached hydrogens (tertiary/aromatic N) is 1. The molecule has 3 heteroatoms. The van der Waals surface area contributed by atoms with E-state index in [0.29, 0.717) is 0 Å². The van der Waals surface area contributed by atoms with Crippen LogP contribution in [-0.4, -0.2) is 41.8 Å². The second kappa shape index (κ2) is 5.69. The van der Waals surface area contributed by atoms with Gasteiger partial charge in [-0.1, -0.05) is 13.3 Å². The molecule has 2 unspecified atom stereocenters. The van der Waals surface area contributed by atoms with Crippen LogP contribution in [0, 0.1) is 5.92 Å². The first-order chi connectivity index (χ1) is 6.69. The van der Waals surface area contributed by atoms with Gasteiger partial charge in [-0.05, 0) is 32.2 Å². The molecule has 84 valence electrons. The molecule has 0 aromatic carbocycles. The Labute approximate surface area is 87.3 Å². The van der Waals surface area contributed by atoms with Gasteiger partial charge in [0.25, 0.3) is 0 Å². The van der Waals surface area contributed by atoms with E-state index in [0.717, 1.165) is 19.0 Å². The first kappa shape index (κ1) is 12.0. The lowest BCUT2D eigenvalue weighted by atomic mass is 9.84. The quantitative estimate of drug-likeness (QED) is 0.667. The second-order valence-electron chi connectivity index (χ2n) is 4.49. The largest absolute Gasteiger partial charge is 0.395 e. The molecule has 1 aliphatic carbocycles. The summed E-state index contributed by atoms with van der Waals surface area (Å²) in [6.45, 7) is 6.40. The topological polar surface area (TPSA) is 49.5 Å². The van der Waals surface area contributed by atoms with E-state index in [-0.39, 0.29) is 18.7 Å². The van der Waals surface area contributed by atoms with Crippen molar-refractivity contribution in [2.24, 2.45) is 11.7 Å². The zero-order valence-corrected chi connectivity index (χ0v) is 9.45. The minimum absolute atomic E-state index is 0.0556. The standard InChI is InChI=1S/C11H24N2O/c1-3-13(7-10-5-4-6-10)11(8-14)9(2)12/h9-11,14H,3-8,12H2,1-2H3. The van der Waals surface area contributed by atoms with Gasteiger partial charge in [0.05, 0.1) is 6.61 Å². The number of hydrogen-bond acceptors (Lipinski definition) is 3. The van der Waals surface area contributed by atoms with E-state index in [2.05, 4.69) is 11.8 Å². The molecular weight excluding hydrogens is 176 g/mol. The van der Waals surface area contributed by atoms with E-state index in [1.54, 1.807) is 0 Å². The molecule has 3 N–H and O–H groups in total. The number of likely N-dealkylation sites (N-methyl/N-ethyl adjacent to an activating group) is 1. The van der Waals surface area contributed by atoms with Gasteiger partial charge in [0.1, 0.15) is 0 Å². The van der Waals surface area contributed by atoms with Crippen LogP contribution in [0.5, 0.6) is 0 Å². The molecule has 14 heavy (non-hydrogen) atoms. The molecule has 0 amide bonds. The van der Waals surface area contributed by atoms with E-state index in [1.165, 1.54) is 19.3 Å². The van der Waals surface area contributed by atoms with Gasteiger partial charge in [0.2, 0.25) is 0 Å². The first-order valence-corrected chi connectivity index (χ1v) is 5.79. The number of aliphatic hydroxyl groups excluding tert-OH is 1. The fourth-order valence-electron chi connectivity index (χ4n) is 2.12. The van der Waals surface area contributed by atoms with Crippen LogP contribution in [0.25, 0.3) is 0 Å². The van der Waals surface area contributed by atoms with Crippen molar-refractivity contribution in [1.82, 2.24) is 4.90 Å². The number of rotatable bonds is 6. The summed E-state index contributed by atoms with van der Waals surface area (Å²) in [5, 5.41) is 9.28. The molecule has 1 rings (SSSR count). The van der Waals surface area contributed by atoms with Crippen LogP contribution in [0.2, 0.25) is 0 Å². The van der Waals surface area contributed by atoms with Crippen molar-refractivity contribution in [3.05, 3.63) is 0 Å². The molecule has 0 spiro atoms. The monoisotopic (exact) mass is 200 g/mol. The van der Waals surface area contributed by atoms with Gasteiger partial charge in [0, 0.05) is 18.6 Å². The van der Waals surface area contributed by atoms with Crippen LogP contribution in [-0.2, 0) is 0 Å². The van der Waals surface area contributed by atoms with Crippen LogP contribution < -0.4 is 5.73 Å². The number of hydrogen-bond donors (Lipinski definition) is 2. The van der Waals surface area contributed by atoms with Crippen molar-refractivity contribution in [2.45, 2.75) is 45.2 Å². The van der Waals surface area contributed by atoms with Gasteiger partial charge in [0.15, 0.2) is 0 Å². The van der Waals surface area contributed by atoms with E-state index in [4.69, 9.17) is 5.73 Å². The predicted molar refractivity (Wildman–Crippen MR) is 59.1 cm³/mol. The van der Waals surface area contributed by atoms with Gasteiger partial charge < -0.3 is 10.8 Å². The Bertz CT molecular complexity index is 157. The number of nitrogens with two attached hydrogens (primary N) is 1. The summed E-state index contributed by atoms with van der Waals surface area (Å²) in [7, 11) is 0. The number of aliphatic hydroxyl groups is 1. The molecule has 0 aliphatic heterocycles. The zero-order valence-electron chi connectivity index (χ0n) is 9.45. The van der Waals surface area contributed by atoms with Crippen LogP contribution in [0.3, 0.4) is 0 Å². The molecule has 0 saturated heterocycles. The molecule has 1 aliphatic rings. The van der Waals surface area contributed by atoms with E-state index < -0.39 is 0 Å². The Balaban J connectivity index is 2.40. The summed E-state index contributed by atoms with van der Waals surface area (Å²) < 4.78 is 0. The fraction of sp³-hybridized carbons (Fsp3) is 1.00. The second-order valence-corrected chi connectivity index (χ2v) is 4.49. The van der Waals surface area contributed by atoms with Crippen molar-refractivity contribution >= 4 is 0 Å². The van der Waals surface area contributed by atoms with Gasteiger partial charge in [-0.3, -0.25) is 4.90 Å². The minimum atomic E-state index is 0.0556. The van der Waals surface area contributed by atoms with Gasteiger partial charge in [-0.2, -0.15) is 0 Å². The first-order valence-electron chi connectivity index (χ1n) is 5.79. The predicted octanol–water partition coefficient (Wildman–Crippen LogP) is 0.817. The minimum Gasteiger partial charge on any atom is -0.395 e. The summed E-state index contributed by atoms with van der Waals surface area (Å²) in [5.41, 5.74) is 5.86. The van der Waals surface area contributed by atoms with Gasteiger partial charge in [-0.15, -0.1) is 0 Å². The summed E-state index contributed by atoms with van der Waals surface area (Å²) in [5.74, 6) is 0.850. The molecule has 3 nitrogen and oxygen atoms in total. The van der Waals surface area contributed by atoms with E-state index >= 15 is 0 Å². The van der Waals surface area contributed by atoms with Gasteiger partial charge in [-0.25, -0.2) is 0 Å². The molecule has 1 fully saturated rings. The maximum Gasteiger partial charge on any atom is 0.0601 e. The molecular formula is C11H24N2O. The van der Waals surface area contributed by atoms with Crippen molar-refractivity contribution in [3.8, 4) is 0 Å². The average molecular weight is 200 g/mol. The molecule has 2 atom stereocenters. The van der Waals surface area contributed by atoms with Crippen LogP contribution >= 0.6 is 0 Å². The summed E-state index contributed by atoms with van der Waals surface area (Å²) in [6, 6.07) is 0.195. The Hall–Kier alpha value is -0.120. The lowest BCUT2D eigenvalue weighted by Crippen LogP contribution is -2.50. The van der Waals surface area contributed by atoms with Crippen molar-refractivity contribution in [2.75, 3.05) is 19.7 Å². The fourth-order valence-corrected chi connectivity index (χ4v) is 2.12. The molecule has 1 saturated carbocycles. The molecule has 0 heterocycles. The molecule has 0 aromatic rings. The van der Waals surface area contributed by atoms with E-state index in [1.807, 2.05) is 6.92 Å². The van der Waals surface area contributed by atoms with Gasteiger partial charge >= 0.3 is 0 Å². The lowest BCUT2D eigenvalue weighted by molar-refractivity contribution is 0.0816. The molecule has 0 radical (unpaired) electrons. The summed E-state index contributed by atoms with van der Waals surface area (Å²) in [6.07, 6.45) is 4.09. The molecule has 0 bridgehead atoms. The third-order valence-corrected chi connectivity index (χ3v) is 3.39. The Morgan fingerprint density at radius 2 is 2.14 bits per heavy atom. The highest BCUT2D eigenvalue weighted by molar-refractivity contribution is 4.82.